The van der Waals surface area contributed by atoms with Crippen LogP contribution in [0.15, 0.2) is 47.8 Å². The molecule has 0 radical (unpaired) electrons. The Labute approximate surface area is 130 Å². The molecule has 3 aromatic rings. The lowest BCUT2D eigenvalue weighted by molar-refractivity contribution is -0.385. The first-order valence-corrected chi connectivity index (χ1v) is 7.53. The van der Waals surface area contributed by atoms with Gasteiger partial charge >= 0.3 is 0 Å². The zero-order chi connectivity index (χ0) is 14.8. The molecule has 0 aliphatic rings. The van der Waals surface area contributed by atoms with Gasteiger partial charge in [0.1, 0.15) is 0 Å². The van der Waals surface area contributed by atoms with Crippen molar-refractivity contribution < 1.29 is 4.92 Å². The van der Waals surface area contributed by atoms with Gasteiger partial charge in [-0.25, -0.2) is 0 Å². The number of hydrogen-bond donors (Lipinski definition) is 1. The number of anilines is 1. The summed E-state index contributed by atoms with van der Waals surface area (Å²) in [5.74, 6) is 0. The van der Waals surface area contributed by atoms with Gasteiger partial charge in [-0.2, -0.15) is 0 Å². The number of nitrogens with zero attached hydrogens (tertiary/aromatic N) is 1. The van der Waals surface area contributed by atoms with Gasteiger partial charge < -0.3 is 5.32 Å². The highest BCUT2D eigenvalue weighted by Crippen LogP contribution is 2.26. The van der Waals surface area contributed by atoms with E-state index < -0.39 is 4.92 Å². The number of benzene rings is 2. The van der Waals surface area contributed by atoms with E-state index in [9.17, 15) is 10.1 Å². The Kier molecular flexibility index (Phi) is 3.77. The number of rotatable bonds is 4. The summed E-state index contributed by atoms with van der Waals surface area (Å²) >= 11 is 7.49. The van der Waals surface area contributed by atoms with Crippen LogP contribution in [0.2, 0.25) is 5.02 Å². The normalized spacial score (nSPS) is 10.7. The fourth-order valence-electron chi connectivity index (χ4n) is 2.13. The lowest BCUT2D eigenvalue weighted by Gasteiger charge is -2.07. The van der Waals surface area contributed by atoms with Gasteiger partial charge in [-0.05, 0) is 47.2 Å². The summed E-state index contributed by atoms with van der Waals surface area (Å²) in [7, 11) is 0. The summed E-state index contributed by atoms with van der Waals surface area (Å²) in [5.41, 5.74) is 1.58. The first kappa shape index (κ1) is 13.9. The number of hydrogen-bond acceptors (Lipinski definition) is 4. The SMILES string of the molecule is O=[N+]([O-])c1cc(Cl)ccc1CNc1ccc2sccc2c1. The van der Waals surface area contributed by atoms with Crippen molar-refractivity contribution in [3.8, 4) is 0 Å². The third kappa shape index (κ3) is 2.99. The molecule has 4 nitrogen and oxygen atoms in total. The van der Waals surface area contributed by atoms with E-state index >= 15 is 0 Å². The topological polar surface area (TPSA) is 55.2 Å². The quantitative estimate of drug-likeness (QED) is 0.539. The zero-order valence-electron chi connectivity index (χ0n) is 10.9. The highest BCUT2D eigenvalue weighted by molar-refractivity contribution is 7.17. The maximum absolute atomic E-state index is 11.0. The van der Waals surface area contributed by atoms with E-state index in [4.69, 9.17) is 11.6 Å². The molecule has 0 amide bonds. The van der Waals surface area contributed by atoms with Crippen LogP contribution in [0.25, 0.3) is 10.1 Å². The molecule has 0 unspecified atom stereocenters. The molecule has 106 valence electrons. The molecule has 1 aromatic heterocycles. The molecule has 0 atom stereocenters. The molecule has 0 bridgehead atoms. The summed E-state index contributed by atoms with van der Waals surface area (Å²) in [4.78, 5) is 10.6. The lowest BCUT2D eigenvalue weighted by Crippen LogP contribution is -2.03. The summed E-state index contributed by atoms with van der Waals surface area (Å²) in [6.07, 6.45) is 0. The van der Waals surface area contributed by atoms with Crippen molar-refractivity contribution in [3.05, 3.63) is 68.5 Å². The van der Waals surface area contributed by atoms with Crippen molar-refractivity contribution in [3.63, 3.8) is 0 Å². The Morgan fingerprint density at radius 1 is 1.19 bits per heavy atom. The van der Waals surface area contributed by atoms with Crippen LogP contribution in [0.3, 0.4) is 0 Å². The van der Waals surface area contributed by atoms with Gasteiger partial charge in [-0.1, -0.05) is 11.6 Å². The molecule has 0 aliphatic carbocycles. The van der Waals surface area contributed by atoms with Gasteiger partial charge in [-0.15, -0.1) is 11.3 Å². The van der Waals surface area contributed by atoms with Crippen molar-refractivity contribution in [2.75, 3.05) is 5.32 Å². The van der Waals surface area contributed by atoms with E-state index in [0.717, 1.165) is 11.1 Å². The van der Waals surface area contributed by atoms with Crippen molar-refractivity contribution in [2.45, 2.75) is 6.54 Å². The maximum Gasteiger partial charge on any atom is 0.275 e. The average molecular weight is 319 g/mol. The first-order valence-electron chi connectivity index (χ1n) is 6.27. The number of nitrogens with one attached hydrogen (secondary N) is 1. The minimum atomic E-state index is -0.412. The van der Waals surface area contributed by atoms with E-state index in [1.165, 1.54) is 10.8 Å². The van der Waals surface area contributed by atoms with Gasteiger partial charge in [-0.3, -0.25) is 10.1 Å². The van der Waals surface area contributed by atoms with Gasteiger partial charge in [0.05, 0.1) is 4.92 Å². The average Bonchev–Trinajstić information content (AvgIpc) is 2.93. The smallest absolute Gasteiger partial charge is 0.275 e. The first-order chi connectivity index (χ1) is 10.1. The molecule has 0 fully saturated rings. The van der Waals surface area contributed by atoms with E-state index in [0.29, 0.717) is 17.1 Å². The number of thiophene rings is 1. The van der Waals surface area contributed by atoms with Gasteiger partial charge in [0.2, 0.25) is 0 Å². The fraction of sp³-hybridized carbons (Fsp3) is 0.0667. The number of nitro groups is 1. The molecular formula is C15H11ClN2O2S. The zero-order valence-corrected chi connectivity index (χ0v) is 12.4. The van der Waals surface area contributed by atoms with Gasteiger partial charge in [0.25, 0.3) is 5.69 Å². The molecular weight excluding hydrogens is 308 g/mol. The van der Waals surface area contributed by atoms with Gasteiger partial charge in [0.15, 0.2) is 0 Å². The summed E-state index contributed by atoms with van der Waals surface area (Å²) in [6.45, 7) is 0.378. The van der Waals surface area contributed by atoms with E-state index in [2.05, 4.69) is 11.4 Å². The van der Waals surface area contributed by atoms with Gasteiger partial charge in [0, 0.05) is 33.6 Å². The molecule has 6 heteroatoms. The summed E-state index contributed by atoms with van der Waals surface area (Å²) in [5, 5.41) is 17.8. The van der Waals surface area contributed by atoms with Crippen LogP contribution in [0.1, 0.15) is 5.56 Å². The van der Waals surface area contributed by atoms with Crippen LogP contribution < -0.4 is 5.32 Å². The number of halogens is 1. The second kappa shape index (κ2) is 5.71. The largest absolute Gasteiger partial charge is 0.381 e. The Balaban J connectivity index is 1.82. The molecule has 1 N–H and O–H groups in total. The third-order valence-corrected chi connectivity index (χ3v) is 4.31. The van der Waals surface area contributed by atoms with Crippen LogP contribution in [0, 0.1) is 10.1 Å². The van der Waals surface area contributed by atoms with Crippen molar-refractivity contribution in [1.82, 2.24) is 0 Å². The van der Waals surface area contributed by atoms with Crippen LogP contribution in [-0.2, 0) is 6.54 Å². The standard InChI is InChI=1S/C15H11ClN2O2S/c16-12-2-1-11(14(8-12)18(19)20)9-17-13-3-4-15-10(7-13)5-6-21-15/h1-8,17H,9H2. The second-order valence-electron chi connectivity index (χ2n) is 4.56. The van der Waals surface area contributed by atoms with Crippen molar-refractivity contribution in [1.29, 1.82) is 0 Å². The molecule has 1 heterocycles. The molecule has 0 saturated heterocycles. The Bertz CT molecular complexity index is 816. The lowest BCUT2D eigenvalue weighted by atomic mass is 10.1. The Morgan fingerprint density at radius 3 is 2.86 bits per heavy atom. The van der Waals surface area contributed by atoms with E-state index in [-0.39, 0.29) is 5.69 Å². The minimum Gasteiger partial charge on any atom is -0.381 e. The fourth-order valence-corrected chi connectivity index (χ4v) is 3.07. The van der Waals surface area contributed by atoms with Crippen LogP contribution in [-0.4, -0.2) is 4.92 Å². The molecule has 0 aliphatic heterocycles. The number of nitro benzene ring substituents is 1. The Hall–Kier alpha value is -2.11. The minimum absolute atomic E-state index is 0.0339. The predicted octanol–water partition coefficient (Wildman–Crippen LogP) is 5.08. The van der Waals surface area contributed by atoms with Crippen molar-refractivity contribution >= 4 is 44.4 Å². The molecule has 2 aromatic carbocycles. The van der Waals surface area contributed by atoms with E-state index in [1.807, 2.05) is 23.6 Å². The number of fused-ring (bicyclic) bond motifs is 1. The van der Waals surface area contributed by atoms with Crippen molar-refractivity contribution in [2.24, 2.45) is 0 Å². The summed E-state index contributed by atoms with van der Waals surface area (Å²) in [6, 6.07) is 12.8. The molecule has 21 heavy (non-hydrogen) atoms. The van der Waals surface area contributed by atoms with Crippen LogP contribution in [0.4, 0.5) is 11.4 Å². The maximum atomic E-state index is 11.0. The monoisotopic (exact) mass is 318 g/mol. The Morgan fingerprint density at radius 2 is 2.05 bits per heavy atom. The predicted molar refractivity (Wildman–Crippen MR) is 87.3 cm³/mol. The highest BCUT2D eigenvalue weighted by Gasteiger charge is 2.13. The molecule has 0 spiro atoms. The second-order valence-corrected chi connectivity index (χ2v) is 5.94. The van der Waals surface area contributed by atoms with E-state index in [1.54, 1.807) is 23.5 Å². The third-order valence-electron chi connectivity index (χ3n) is 3.18. The highest BCUT2D eigenvalue weighted by atomic mass is 35.5. The van der Waals surface area contributed by atoms with Crippen LogP contribution >= 0.6 is 22.9 Å². The molecule has 0 saturated carbocycles. The van der Waals surface area contributed by atoms with Crippen LogP contribution in [0.5, 0.6) is 0 Å². The summed E-state index contributed by atoms with van der Waals surface area (Å²) < 4.78 is 1.22. The molecule has 3 rings (SSSR count).